The second-order valence-corrected chi connectivity index (χ2v) is 15.8. The Bertz CT molecular complexity index is 2680. The lowest BCUT2D eigenvalue weighted by Gasteiger charge is -2.32. The third kappa shape index (κ3) is 7.12. The van der Waals surface area contributed by atoms with E-state index in [0.717, 1.165) is 120 Å². The van der Waals surface area contributed by atoms with Gasteiger partial charge in [0.1, 0.15) is 11.5 Å². The van der Waals surface area contributed by atoms with Gasteiger partial charge in [0.15, 0.2) is 5.78 Å². The maximum absolute atomic E-state index is 14.6. The number of Topliss-reactive ketones (excluding diaryl/α,β-unsaturated/α-hetero) is 1. The van der Waals surface area contributed by atoms with Crippen LogP contribution in [0.4, 0.5) is 17.1 Å². The highest BCUT2D eigenvalue weighted by molar-refractivity contribution is 6.80. The summed E-state index contributed by atoms with van der Waals surface area (Å²) in [6.07, 6.45) is 9.41. The summed E-state index contributed by atoms with van der Waals surface area (Å²) in [4.78, 5) is 20.0. The molecular formula is C49H50B2N4O3. The Balaban J connectivity index is 1.05. The van der Waals surface area contributed by atoms with E-state index in [1.165, 1.54) is 38.5 Å². The molecule has 0 atom stereocenters. The van der Waals surface area contributed by atoms with Gasteiger partial charge in [-0.05, 0) is 83.4 Å². The number of ketones is 1. The van der Waals surface area contributed by atoms with Crippen LogP contribution >= 0.6 is 0 Å². The van der Waals surface area contributed by atoms with Crippen LogP contribution in [0.5, 0.6) is 11.5 Å². The number of benzene rings is 6. The zero-order chi connectivity index (χ0) is 39.6. The molecule has 3 N–H and O–H groups in total. The van der Waals surface area contributed by atoms with E-state index in [1.807, 2.05) is 12.1 Å². The summed E-state index contributed by atoms with van der Waals surface area (Å²) in [6.45, 7) is 7.49. The number of anilines is 3. The van der Waals surface area contributed by atoms with Crippen LogP contribution in [0.25, 0.3) is 32.7 Å². The first-order valence-electron chi connectivity index (χ1n) is 21.2. The monoisotopic (exact) mass is 764 g/mol. The van der Waals surface area contributed by atoms with Gasteiger partial charge in [-0.25, -0.2) is 0 Å². The zero-order valence-electron chi connectivity index (χ0n) is 33.8. The minimum atomic E-state index is -0.305. The number of unbranched alkanes of at least 4 members (excludes halogenated alkanes) is 6. The maximum atomic E-state index is 14.6. The van der Waals surface area contributed by atoms with Crippen LogP contribution in [0.3, 0.4) is 0 Å². The van der Waals surface area contributed by atoms with Gasteiger partial charge in [0.2, 0.25) is 0 Å². The van der Waals surface area contributed by atoms with Crippen LogP contribution in [-0.2, 0) is 4.79 Å². The molecule has 0 saturated carbocycles. The predicted octanol–water partition coefficient (Wildman–Crippen LogP) is 8.79. The van der Waals surface area contributed by atoms with E-state index in [2.05, 4.69) is 134 Å². The molecule has 9 rings (SSSR count). The molecule has 58 heavy (non-hydrogen) atoms. The van der Waals surface area contributed by atoms with E-state index in [0.29, 0.717) is 0 Å². The number of hydrogen-bond donors (Lipinski definition) is 3. The molecule has 0 unspecified atom stereocenters. The lowest BCUT2D eigenvalue weighted by Crippen LogP contribution is -2.48. The highest BCUT2D eigenvalue weighted by Gasteiger charge is 2.37. The summed E-state index contributed by atoms with van der Waals surface area (Å²) in [7, 11) is 0. The standard InChI is InChI=1S/C49H50B2N4O3/c1-4-6-8-10-30-57-37-24-20-35(21-25-37)50-52-41-16-12-14-33-18-28-39(47(54-50)45(33)41)43-32(3)44(49(43)56)40-29-19-34-15-13-17-42-46(34)48(40)55-51(53-42)36-22-26-38(27-23-36)58-31-11-9-7-5-2/h12-29,52-54H,4-11,30-31H2,1-3H3/b44-40+. The van der Waals surface area contributed by atoms with E-state index >= 15 is 0 Å². The van der Waals surface area contributed by atoms with Crippen molar-refractivity contribution >= 4 is 80.4 Å². The Hall–Kier alpha value is -5.95. The van der Waals surface area contributed by atoms with Gasteiger partial charge in [0.05, 0.1) is 18.6 Å². The van der Waals surface area contributed by atoms with Gasteiger partial charge in [0, 0.05) is 49.8 Å². The Morgan fingerprint density at radius 1 is 0.586 bits per heavy atom. The Morgan fingerprint density at radius 2 is 1.19 bits per heavy atom. The molecular weight excluding hydrogens is 714 g/mol. The van der Waals surface area contributed by atoms with Crippen LogP contribution in [0.15, 0.2) is 120 Å². The van der Waals surface area contributed by atoms with Gasteiger partial charge >= 0.3 is 14.0 Å². The summed E-state index contributed by atoms with van der Waals surface area (Å²) in [5, 5.41) is 17.3. The van der Waals surface area contributed by atoms with Gasteiger partial charge in [0.25, 0.3) is 0 Å². The molecule has 6 aromatic carbocycles. The number of nitrogens with zero attached hydrogens (tertiary/aromatic N) is 1. The Morgan fingerprint density at radius 3 is 1.83 bits per heavy atom. The molecule has 0 radical (unpaired) electrons. The lowest BCUT2D eigenvalue weighted by atomic mass is 9.65. The van der Waals surface area contributed by atoms with Crippen molar-refractivity contribution in [3.63, 3.8) is 0 Å². The fourth-order valence-corrected chi connectivity index (χ4v) is 8.76. The second kappa shape index (κ2) is 16.5. The van der Waals surface area contributed by atoms with Crippen LogP contribution in [0.2, 0.25) is 0 Å². The molecule has 0 aromatic heterocycles. The number of allylic oxidation sites excluding steroid dienone is 2. The van der Waals surface area contributed by atoms with Gasteiger partial charge < -0.3 is 30.1 Å². The minimum Gasteiger partial charge on any atom is -0.494 e. The maximum Gasteiger partial charge on any atom is 0.427 e. The van der Waals surface area contributed by atoms with Crippen molar-refractivity contribution in [3.8, 4) is 11.5 Å². The number of carbonyl (C=O) groups excluding carboxylic acids is 1. The quantitative estimate of drug-likeness (QED) is 0.0717. The average molecular weight is 765 g/mol. The number of nitrogens with one attached hydrogen (secondary N) is 3. The molecule has 9 heteroatoms. The molecule has 0 spiro atoms. The first kappa shape index (κ1) is 37.6. The van der Waals surface area contributed by atoms with E-state index in [1.54, 1.807) is 0 Å². The number of hydrogen-bond acceptors (Lipinski definition) is 7. The van der Waals surface area contributed by atoms with Crippen LogP contribution in [-0.4, -0.2) is 33.0 Å². The predicted molar refractivity (Wildman–Crippen MR) is 243 cm³/mol. The van der Waals surface area contributed by atoms with Gasteiger partial charge in [-0.2, -0.15) is 0 Å². The molecule has 1 aliphatic carbocycles. The Labute approximate surface area is 341 Å². The summed E-state index contributed by atoms with van der Waals surface area (Å²) >= 11 is 0. The third-order valence-corrected chi connectivity index (χ3v) is 11.9. The SMILES string of the molecule is CCCCCCOc1ccc(B2N=c3/c(=C4/C(=O)C(c5ccc6cccc7c6c5NB(c5ccc(OCCCCCC)cc5)N7)=C4C)ccc4cccc(c34)N2)cc1. The molecule has 290 valence electrons. The van der Waals surface area contributed by atoms with E-state index in [-0.39, 0.29) is 19.7 Å². The molecule has 2 heterocycles. The zero-order valence-corrected chi connectivity index (χ0v) is 33.8. The summed E-state index contributed by atoms with van der Waals surface area (Å²) in [5.74, 6) is 1.80. The van der Waals surface area contributed by atoms with Gasteiger partial charge in [-0.1, -0.05) is 125 Å². The normalized spacial score (nSPS) is 15.1. The van der Waals surface area contributed by atoms with Gasteiger partial charge in [-0.3, -0.25) is 4.79 Å². The third-order valence-electron chi connectivity index (χ3n) is 11.9. The molecule has 2 aliphatic heterocycles. The highest BCUT2D eigenvalue weighted by Crippen LogP contribution is 2.45. The first-order valence-corrected chi connectivity index (χ1v) is 21.2. The lowest BCUT2D eigenvalue weighted by molar-refractivity contribution is -0.109. The molecule has 0 fully saturated rings. The topological polar surface area (TPSA) is 84.0 Å². The molecule has 7 nitrogen and oxygen atoms in total. The number of carbonyl (C=O) groups is 1. The smallest absolute Gasteiger partial charge is 0.427 e. The molecule has 3 aliphatic rings. The van der Waals surface area contributed by atoms with Crippen molar-refractivity contribution in [1.29, 1.82) is 0 Å². The fraction of sp³-hybridized carbons (Fsp3) is 0.265. The van der Waals surface area contributed by atoms with E-state index < -0.39 is 0 Å². The van der Waals surface area contributed by atoms with Crippen LogP contribution < -0.4 is 46.7 Å². The van der Waals surface area contributed by atoms with Crippen molar-refractivity contribution < 1.29 is 14.3 Å². The average Bonchev–Trinajstić information content (AvgIpc) is 3.26. The van der Waals surface area contributed by atoms with Crippen LogP contribution in [0, 0.1) is 0 Å². The van der Waals surface area contributed by atoms with Crippen LogP contribution in [0.1, 0.15) is 77.7 Å². The second-order valence-electron chi connectivity index (χ2n) is 15.8. The Kier molecular flexibility index (Phi) is 10.7. The number of rotatable bonds is 15. The molecule has 0 saturated heterocycles. The molecule has 0 bridgehead atoms. The summed E-state index contributed by atoms with van der Waals surface area (Å²) in [5.41, 5.74) is 8.54. The number of ether oxygens (including phenoxy) is 2. The highest BCUT2D eigenvalue weighted by atomic mass is 16.5. The molecule has 6 aromatic rings. The van der Waals surface area contributed by atoms with E-state index in [4.69, 9.17) is 14.4 Å². The summed E-state index contributed by atoms with van der Waals surface area (Å²) < 4.78 is 12.1. The van der Waals surface area contributed by atoms with Crippen molar-refractivity contribution in [1.82, 2.24) is 0 Å². The first-order chi connectivity index (χ1) is 28.5. The van der Waals surface area contributed by atoms with Crippen molar-refractivity contribution in [2.75, 3.05) is 28.9 Å². The van der Waals surface area contributed by atoms with Crippen molar-refractivity contribution in [2.24, 2.45) is 4.90 Å². The summed E-state index contributed by atoms with van der Waals surface area (Å²) in [6, 6.07) is 37.6. The van der Waals surface area contributed by atoms with Gasteiger partial charge in [-0.15, -0.1) is 0 Å². The molecule has 0 amide bonds. The van der Waals surface area contributed by atoms with E-state index in [9.17, 15) is 4.79 Å². The largest absolute Gasteiger partial charge is 0.494 e. The fourth-order valence-electron chi connectivity index (χ4n) is 8.76. The van der Waals surface area contributed by atoms with Crippen molar-refractivity contribution in [3.05, 3.63) is 131 Å². The van der Waals surface area contributed by atoms with Crippen molar-refractivity contribution in [2.45, 2.75) is 72.1 Å². The minimum absolute atomic E-state index is 0.0432.